The second kappa shape index (κ2) is 5.69. The number of aliphatic carboxylic acids is 1. The number of carboxylic acids is 1. The van der Waals surface area contributed by atoms with Crippen molar-refractivity contribution in [3.8, 4) is 0 Å². The minimum atomic E-state index is -1.09. The second-order valence-corrected chi connectivity index (χ2v) is 5.26. The Balaban J connectivity index is 2.22. The number of aryl methyl sites for hydroxylation is 1. The van der Waals surface area contributed by atoms with E-state index in [0.717, 1.165) is 0 Å². The zero-order valence-corrected chi connectivity index (χ0v) is 12.2. The van der Waals surface area contributed by atoms with Gasteiger partial charge in [-0.15, -0.1) is 0 Å². The topological polar surface area (TPSA) is 88.8 Å². The van der Waals surface area contributed by atoms with E-state index in [2.05, 4.69) is 0 Å². The van der Waals surface area contributed by atoms with Crippen LogP contribution in [0.15, 0.2) is 12.3 Å². The molecule has 0 aliphatic carbocycles. The molecule has 114 valence electrons. The summed E-state index contributed by atoms with van der Waals surface area (Å²) in [6, 6.07) is 1.53. The van der Waals surface area contributed by atoms with E-state index < -0.39 is 12.1 Å². The van der Waals surface area contributed by atoms with E-state index >= 15 is 0 Å². The van der Waals surface area contributed by atoms with Crippen LogP contribution in [0.1, 0.15) is 34.7 Å². The lowest BCUT2D eigenvalue weighted by Crippen LogP contribution is -2.52. The summed E-state index contributed by atoms with van der Waals surface area (Å²) in [6.07, 6.45) is 0.218. The molecule has 0 radical (unpaired) electrons. The number of aromatic nitrogens is 1. The van der Waals surface area contributed by atoms with Crippen LogP contribution in [0.2, 0.25) is 0 Å². The summed E-state index contributed by atoms with van der Waals surface area (Å²) in [6.45, 7) is 3.48. The van der Waals surface area contributed by atoms with Crippen molar-refractivity contribution >= 4 is 17.7 Å². The van der Waals surface area contributed by atoms with Gasteiger partial charge in [0.15, 0.2) is 11.9 Å². The van der Waals surface area contributed by atoms with E-state index in [-0.39, 0.29) is 24.3 Å². The molecular formula is C14H18N2O5. The fourth-order valence-corrected chi connectivity index (χ4v) is 2.39. The molecule has 0 bridgehead atoms. The van der Waals surface area contributed by atoms with Crippen molar-refractivity contribution in [2.75, 3.05) is 13.1 Å². The van der Waals surface area contributed by atoms with Crippen molar-refractivity contribution < 1.29 is 24.2 Å². The first kappa shape index (κ1) is 15.2. The second-order valence-electron chi connectivity index (χ2n) is 5.26. The third-order valence-corrected chi connectivity index (χ3v) is 3.45. The van der Waals surface area contributed by atoms with E-state index in [0.29, 0.717) is 17.8 Å². The van der Waals surface area contributed by atoms with Gasteiger partial charge in [-0.05, 0) is 19.9 Å². The van der Waals surface area contributed by atoms with Crippen molar-refractivity contribution in [2.24, 2.45) is 7.05 Å². The molecule has 2 rings (SSSR count). The maximum atomic E-state index is 12.5. The van der Waals surface area contributed by atoms with Crippen LogP contribution in [-0.4, -0.2) is 57.5 Å². The molecule has 1 aromatic heterocycles. The largest absolute Gasteiger partial charge is 0.479 e. The van der Waals surface area contributed by atoms with Crippen molar-refractivity contribution in [1.29, 1.82) is 0 Å². The van der Waals surface area contributed by atoms with E-state index in [4.69, 9.17) is 9.84 Å². The van der Waals surface area contributed by atoms with Gasteiger partial charge in [-0.1, -0.05) is 0 Å². The van der Waals surface area contributed by atoms with Crippen LogP contribution in [0.25, 0.3) is 0 Å². The van der Waals surface area contributed by atoms with E-state index in [1.165, 1.54) is 17.9 Å². The number of ketones is 1. The zero-order valence-electron chi connectivity index (χ0n) is 12.2. The number of carboxylic acid groups (broad SMARTS) is 1. The Bertz CT molecular complexity index is 592. The van der Waals surface area contributed by atoms with Gasteiger partial charge in [0.05, 0.1) is 12.6 Å². The van der Waals surface area contributed by atoms with Gasteiger partial charge in [-0.3, -0.25) is 9.59 Å². The summed E-state index contributed by atoms with van der Waals surface area (Å²) in [7, 11) is 1.68. The molecule has 0 saturated carbocycles. The molecule has 1 amide bonds. The molecule has 1 aliphatic rings. The number of nitrogens with zero attached hydrogens (tertiary/aromatic N) is 2. The number of carbonyl (C=O) groups excluding carboxylic acids is 2. The highest BCUT2D eigenvalue weighted by Crippen LogP contribution is 2.16. The Labute approximate surface area is 122 Å². The molecule has 0 spiro atoms. The molecule has 1 aliphatic heterocycles. The number of Topliss-reactive ketones (excluding diaryl/α,β-unsaturated/α-hetero) is 1. The summed E-state index contributed by atoms with van der Waals surface area (Å²) < 4.78 is 6.86. The average molecular weight is 294 g/mol. The van der Waals surface area contributed by atoms with Gasteiger partial charge in [0.1, 0.15) is 5.69 Å². The van der Waals surface area contributed by atoms with Crippen molar-refractivity contribution in [1.82, 2.24) is 9.47 Å². The Morgan fingerprint density at radius 2 is 2.00 bits per heavy atom. The van der Waals surface area contributed by atoms with Crippen molar-refractivity contribution in [3.63, 3.8) is 0 Å². The van der Waals surface area contributed by atoms with Crippen molar-refractivity contribution in [3.05, 3.63) is 23.5 Å². The predicted molar refractivity (Wildman–Crippen MR) is 73.3 cm³/mol. The van der Waals surface area contributed by atoms with Crippen LogP contribution in [0.3, 0.4) is 0 Å². The van der Waals surface area contributed by atoms with E-state index in [9.17, 15) is 14.4 Å². The molecular weight excluding hydrogens is 276 g/mol. The van der Waals surface area contributed by atoms with Crippen LogP contribution >= 0.6 is 0 Å². The van der Waals surface area contributed by atoms with Gasteiger partial charge in [0, 0.05) is 25.4 Å². The summed E-state index contributed by atoms with van der Waals surface area (Å²) >= 11 is 0. The summed E-state index contributed by atoms with van der Waals surface area (Å²) in [4.78, 5) is 36.4. The van der Waals surface area contributed by atoms with Gasteiger partial charge in [0.25, 0.3) is 5.91 Å². The smallest absolute Gasteiger partial charge is 0.334 e. The number of morpholine rings is 1. The van der Waals surface area contributed by atoms with Gasteiger partial charge in [-0.2, -0.15) is 0 Å². The maximum Gasteiger partial charge on any atom is 0.334 e. The molecule has 1 N–H and O–H groups in total. The highest BCUT2D eigenvalue weighted by atomic mass is 16.5. The van der Waals surface area contributed by atoms with Crippen LogP contribution < -0.4 is 0 Å². The first-order valence-corrected chi connectivity index (χ1v) is 6.64. The Hall–Kier alpha value is -2.15. The van der Waals surface area contributed by atoms with E-state index in [1.807, 2.05) is 0 Å². The van der Waals surface area contributed by atoms with Gasteiger partial charge < -0.3 is 19.3 Å². The molecule has 1 aromatic rings. The number of hydrogen-bond acceptors (Lipinski definition) is 4. The maximum absolute atomic E-state index is 12.5. The molecule has 21 heavy (non-hydrogen) atoms. The minimum absolute atomic E-state index is 0.000901. The predicted octanol–water partition coefficient (Wildman–Crippen LogP) is 0.542. The fourth-order valence-electron chi connectivity index (χ4n) is 2.39. The highest BCUT2D eigenvalue weighted by Gasteiger charge is 2.33. The van der Waals surface area contributed by atoms with Gasteiger partial charge >= 0.3 is 5.97 Å². The lowest BCUT2D eigenvalue weighted by molar-refractivity contribution is -0.160. The number of rotatable bonds is 3. The van der Waals surface area contributed by atoms with Gasteiger partial charge in [-0.25, -0.2) is 4.79 Å². The van der Waals surface area contributed by atoms with Crippen LogP contribution in [0, 0.1) is 0 Å². The molecule has 1 unspecified atom stereocenters. The van der Waals surface area contributed by atoms with Crippen LogP contribution in [-0.2, 0) is 16.6 Å². The molecule has 0 aromatic carbocycles. The number of carbonyl (C=O) groups is 3. The monoisotopic (exact) mass is 294 g/mol. The fraction of sp³-hybridized carbons (Fsp3) is 0.500. The standard InChI is InChI=1S/C14H18N2O5/c1-8-5-16(7-12(21-8)14(19)20)13(18)11-4-10(9(2)17)6-15(11)3/h4,6,8,12H,5,7H2,1-3H3,(H,19,20)/t8-,12?/m1/s1. The SMILES string of the molecule is CC(=O)c1cc(C(=O)N2CC(C(=O)O)O[C@H](C)C2)n(C)c1. The lowest BCUT2D eigenvalue weighted by atomic mass is 10.2. The first-order valence-electron chi connectivity index (χ1n) is 6.64. The summed E-state index contributed by atoms with van der Waals surface area (Å²) in [5.41, 5.74) is 0.815. The quantitative estimate of drug-likeness (QED) is 0.822. The minimum Gasteiger partial charge on any atom is -0.479 e. The summed E-state index contributed by atoms with van der Waals surface area (Å²) in [5.74, 6) is -1.51. The third-order valence-electron chi connectivity index (χ3n) is 3.45. The van der Waals surface area contributed by atoms with Crippen molar-refractivity contribution in [2.45, 2.75) is 26.1 Å². The molecule has 2 atom stereocenters. The Morgan fingerprint density at radius 3 is 2.52 bits per heavy atom. The lowest BCUT2D eigenvalue weighted by Gasteiger charge is -2.34. The van der Waals surface area contributed by atoms with E-state index in [1.54, 1.807) is 24.7 Å². The number of amides is 1. The number of ether oxygens (including phenoxy) is 1. The normalized spacial score (nSPS) is 22.1. The average Bonchev–Trinajstić information content (AvgIpc) is 2.79. The number of hydrogen-bond donors (Lipinski definition) is 1. The molecule has 1 saturated heterocycles. The Morgan fingerprint density at radius 1 is 1.33 bits per heavy atom. The highest BCUT2D eigenvalue weighted by molar-refractivity contribution is 5.99. The molecule has 1 fully saturated rings. The first-order chi connectivity index (χ1) is 9.79. The summed E-state index contributed by atoms with van der Waals surface area (Å²) in [5, 5.41) is 9.04. The van der Waals surface area contributed by atoms with Crippen LogP contribution in [0.4, 0.5) is 0 Å². The zero-order chi connectivity index (χ0) is 15.7. The molecule has 7 heteroatoms. The van der Waals surface area contributed by atoms with Crippen LogP contribution in [0.5, 0.6) is 0 Å². The molecule has 2 heterocycles. The third kappa shape index (κ3) is 3.13. The van der Waals surface area contributed by atoms with Gasteiger partial charge in [0.2, 0.25) is 0 Å². The molecule has 7 nitrogen and oxygen atoms in total. The Kier molecular flexibility index (Phi) is 4.13.